The Morgan fingerprint density at radius 3 is 1.95 bits per heavy atom. The van der Waals surface area contributed by atoms with Gasteiger partial charge in [-0.1, -0.05) is 105 Å². The van der Waals surface area contributed by atoms with E-state index in [1.165, 1.54) is 17.3 Å². The molecule has 2 N–H and O–H groups in total. The van der Waals surface area contributed by atoms with Crippen LogP contribution in [0.4, 0.5) is 0 Å². The van der Waals surface area contributed by atoms with Crippen molar-refractivity contribution in [3.8, 4) is 0 Å². The molecule has 37 heavy (non-hydrogen) atoms. The van der Waals surface area contributed by atoms with Crippen LogP contribution in [0, 0.1) is 6.92 Å². The number of hydrogen-bond acceptors (Lipinski definition) is 6. The highest BCUT2D eigenvalue weighted by molar-refractivity contribution is 7.99. The summed E-state index contributed by atoms with van der Waals surface area (Å²) in [6.45, 7) is 9.01. The quantitative estimate of drug-likeness (QED) is 0.380. The SMILES string of the molecule is Cc1ccc(C(C)(C)C)cc1S[C@H]1O[C@H](CO)[C@@H](OCc2ccccc2)[C@H](OCc2ccccc2)[C@@H]1O. The molecule has 1 aliphatic rings. The Labute approximate surface area is 224 Å². The van der Waals surface area contributed by atoms with Crippen molar-refractivity contribution < 1.29 is 24.4 Å². The van der Waals surface area contributed by atoms with Crippen LogP contribution < -0.4 is 0 Å². The Kier molecular flexibility index (Phi) is 9.46. The first kappa shape index (κ1) is 27.8. The summed E-state index contributed by atoms with van der Waals surface area (Å²) in [5, 5.41) is 21.8. The molecule has 5 nitrogen and oxygen atoms in total. The fraction of sp³-hybridized carbons (Fsp3) is 0.419. The zero-order chi connectivity index (χ0) is 26.4. The lowest BCUT2D eigenvalue weighted by molar-refractivity contribution is -0.239. The molecule has 0 saturated carbocycles. The maximum Gasteiger partial charge on any atom is 0.136 e. The van der Waals surface area contributed by atoms with Crippen LogP contribution in [0.1, 0.15) is 43.0 Å². The zero-order valence-electron chi connectivity index (χ0n) is 22.0. The van der Waals surface area contributed by atoms with Gasteiger partial charge in [0.25, 0.3) is 0 Å². The fourth-order valence-corrected chi connectivity index (χ4v) is 5.57. The van der Waals surface area contributed by atoms with Crippen molar-refractivity contribution in [3.05, 3.63) is 101 Å². The van der Waals surface area contributed by atoms with E-state index >= 15 is 0 Å². The molecule has 0 radical (unpaired) electrons. The molecule has 4 rings (SSSR count). The minimum atomic E-state index is -0.963. The molecule has 6 heteroatoms. The lowest BCUT2D eigenvalue weighted by Gasteiger charge is -2.44. The average Bonchev–Trinajstić information content (AvgIpc) is 2.89. The molecule has 0 unspecified atom stereocenters. The van der Waals surface area contributed by atoms with Crippen LogP contribution >= 0.6 is 11.8 Å². The average molecular weight is 523 g/mol. The number of aryl methyl sites for hydroxylation is 1. The van der Waals surface area contributed by atoms with Crippen molar-refractivity contribution in [2.24, 2.45) is 0 Å². The third-order valence-corrected chi connectivity index (χ3v) is 7.98. The normalized spacial score (nSPS) is 24.2. The number of aliphatic hydroxyl groups excluding tert-OH is 2. The van der Waals surface area contributed by atoms with Crippen LogP contribution in [0.2, 0.25) is 0 Å². The van der Waals surface area contributed by atoms with Gasteiger partial charge in [-0.3, -0.25) is 0 Å². The summed E-state index contributed by atoms with van der Waals surface area (Å²) >= 11 is 1.47. The molecule has 3 aromatic rings. The van der Waals surface area contributed by atoms with Gasteiger partial charge in [0, 0.05) is 4.90 Å². The molecule has 3 aromatic carbocycles. The van der Waals surface area contributed by atoms with Crippen molar-refractivity contribution in [1.29, 1.82) is 0 Å². The second-order valence-corrected chi connectivity index (χ2v) is 11.7. The number of thioether (sulfide) groups is 1. The van der Waals surface area contributed by atoms with Crippen LogP contribution in [0.25, 0.3) is 0 Å². The number of ether oxygens (including phenoxy) is 3. The van der Waals surface area contributed by atoms with Gasteiger partial charge in [-0.25, -0.2) is 0 Å². The second-order valence-electron chi connectivity index (χ2n) is 10.6. The molecule has 1 aliphatic heterocycles. The van der Waals surface area contributed by atoms with Gasteiger partial charge in [-0.2, -0.15) is 0 Å². The smallest absolute Gasteiger partial charge is 0.136 e. The highest BCUT2D eigenvalue weighted by atomic mass is 32.2. The molecule has 1 saturated heterocycles. The number of aliphatic hydroxyl groups is 2. The Hall–Kier alpha value is -2.19. The first-order valence-electron chi connectivity index (χ1n) is 12.8. The van der Waals surface area contributed by atoms with Crippen molar-refractivity contribution in [2.45, 2.75) is 81.1 Å². The summed E-state index contributed by atoms with van der Waals surface area (Å²) in [7, 11) is 0. The molecule has 1 fully saturated rings. The third kappa shape index (κ3) is 7.23. The van der Waals surface area contributed by atoms with Gasteiger partial charge in [0.1, 0.15) is 29.9 Å². The first-order chi connectivity index (χ1) is 17.8. The lowest BCUT2D eigenvalue weighted by Crippen LogP contribution is -2.59. The molecule has 0 aliphatic carbocycles. The Bertz CT molecular complexity index is 1120. The predicted octanol–water partition coefficient (Wildman–Crippen LogP) is 5.63. The summed E-state index contributed by atoms with van der Waals surface area (Å²) in [6, 6.07) is 26.1. The number of hydrogen-bond donors (Lipinski definition) is 2. The molecular formula is C31H38O5S. The summed E-state index contributed by atoms with van der Waals surface area (Å²) in [6.07, 6.45) is -2.92. The maximum absolute atomic E-state index is 11.5. The maximum atomic E-state index is 11.5. The van der Waals surface area contributed by atoms with Crippen LogP contribution in [-0.4, -0.2) is 46.7 Å². The molecule has 1 heterocycles. The molecule has 198 valence electrons. The topological polar surface area (TPSA) is 68.2 Å². The van der Waals surface area contributed by atoms with Crippen molar-refractivity contribution >= 4 is 11.8 Å². The molecule has 0 spiro atoms. The van der Waals surface area contributed by atoms with Gasteiger partial charge in [0.2, 0.25) is 0 Å². The fourth-order valence-electron chi connectivity index (χ4n) is 4.38. The number of benzene rings is 3. The van der Waals surface area contributed by atoms with E-state index in [0.717, 1.165) is 21.6 Å². The minimum absolute atomic E-state index is 0.000383. The van der Waals surface area contributed by atoms with Gasteiger partial charge in [0.05, 0.1) is 19.8 Å². The van der Waals surface area contributed by atoms with E-state index in [2.05, 4.69) is 45.9 Å². The van der Waals surface area contributed by atoms with Crippen LogP contribution in [0.15, 0.2) is 83.8 Å². The van der Waals surface area contributed by atoms with Gasteiger partial charge in [-0.15, -0.1) is 0 Å². The van der Waals surface area contributed by atoms with Crippen molar-refractivity contribution in [2.75, 3.05) is 6.61 Å². The van der Waals surface area contributed by atoms with E-state index in [1.807, 2.05) is 60.7 Å². The van der Waals surface area contributed by atoms with E-state index in [1.54, 1.807) is 0 Å². The summed E-state index contributed by atoms with van der Waals surface area (Å²) in [4.78, 5) is 1.04. The standard InChI is InChI=1S/C31H38O5S/c1-21-15-16-24(31(2,3)4)17-26(21)37-30-27(33)29(35-20-23-13-9-6-10-14-23)28(25(18-32)36-30)34-19-22-11-7-5-8-12-22/h5-17,25,27-30,32-33H,18-20H2,1-4H3/t25-,27+,28-,29-,30-/m1/s1. The van der Waals surface area contributed by atoms with Crippen molar-refractivity contribution in [1.82, 2.24) is 0 Å². The minimum Gasteiger partial charge on any atom is -0.394 e. The second kappa shape index (κ2) is 12.6. The zero-order valence-corrected chi connectivity index (χ0v) is 22.9. The van der Waals surface area contributed by atoms with Crippen LogP contribution in [0.3, 0.4) is 0 Å². The van der Waals surface area contributed by atoms with Gasteiger partial charge in [0.15, 0.2) is 0 Å². The van der Waals surface area contributed by atoms with E-state index in [-0.39, 0.29) is 12.0 Å². The first-order valence-corrected chi connectivity index (χ1v) is 13.7. The monoisotopic (exact) mass is 522 g/mol. The molecule has 5 atom stereocenters. The Morgan fingerprint density at radius 1 is 0.838 bits per heavy atom. The number of rotatable bonds is 9. The highest BCUT2D eigenvalue weighted by Crippen LogP contribution is 2.38. The summed E-state index contributed by atoms with van der Waals surface area (Å²) in [5.74, 6) is 0. The third-order valence-electron chi connectivity index (χ3n) is 6.66. The predicted molar refractivity (Wildman–Crippen MR) is 148 cm³/mol. The van der Waals surface area contributed by atoms with E-state index < -0.39 is 29.9 Å². The molecular weight excluding hydrogens is 484 g/mol. The van der Waals surface area contributed by atoms with E-state index in [0.29, 0.717) is 13.2 Å². The van der Waals surface area contributed by atoms with Gasteiger partial charge in [-0.05, 0) is 40.7 Å². The molecule has 0 aromatic heterocycles. The molecule has 0 bridgehead atoms. The summed E-state index contributed by atoms with van der Waals surface area (Å²) < 4.78 is 18.8. The van der Waals surface area contributed by atoms with Crippen LogP contribution in [0.5, 0.6) is 0 Å². The van der Waals surface area contributed by atoms with Gasteiger partial charge < -0.3 is 24.4 Å². The lowest BCUT2D eigenvalue weighted by atomic mass is 9.87. The molecule has 0 amide bonds. The van der Waals surface area contributed by atoms with Gasteiger partial charge >= 0.3 is 0 Å². The van der Waals surface area contributed by atoms with Crippen LogP contribution in [-0.2, 0) is 32.8 Å². The Balaban J connectivity index is 1.57. The van der Waals surface area contributed by atoms with Crippen molar-refractivity contribution in [3.63, 3.8) is 0 Å². The Morgan fingerprint density at radius 2 is 1.41 bits per heavy atom. The van der Waals surface area contributed by atoms with E-state index in [9.17, 15) is 10.2 Å². The largest absolute Gasteiger partial charge is 0.394 e. The van der Waals surface area contributed by atoms with E-state index in [4.69, 9.17) is 14.2 Å². The summed E-state index contributed by atoms with van der Waals surface area (Å²) in [5.41, 5.74) is 3.70. The highest BCUT2D eigenvalue weighted by Gasteiger charge is 2.47.